The summed E-state index contributed by atoms with van der Waals surface area (Å²) in [5, 5.41) is 0. The van der Waals surface area contributed by atoms with E-state index in [4.69, 9.17) is 0 Å². The second-order valence-corrected chi connectivity index (χ2v) is 30.6. The predicted molar refractivity (Wildman–Crippen MR) is 383 cm³/mol. The normalized spacial score (nSPS) is 22.5. The maximum atomic E-state index is 2.67. The number of piperidine rings is 2. The van der Waals surface area contributed by atoms with E-state index >= 15 is 0 Å². The lowest BCUT2D eigenvalue weighted by atomic mass is 9.86. The minimum Gasteiger partial charge on any atom is -0.352 e. The topological polar surface area (TPSA) is 27.6 Å². The lowest BCUT2D eigenvalue weighted by Crippen LogP contribution is -2.51. The van der Waals surface area contributed by atoms with Gasteiger partial charge in [-0.05, 0) is 238 Å². The average Bonchev–Trinajstić information content (AvgIpc) is 4.35. The van der Waals surface area contributed by atoms with Crippen molar-refractivity contribution in [1.29, 1.82) is 0 Å². The second kappa shape index (κ2) is 44.1. The average molecular weight is 1190 g/mol. The van der Waals surface area contributed by atoms with Gasteiger partial charge in [-0.2, -0.15) is 0 Å². The molecule has 0 spiro atoms. The van der Waals surface area contributed by atoms with Crippen molar-refractivity contribution in [3.8, 4) is 0 Å². The first-order valence-electron chi connectivity index (χ1n) is 36.7. The Morgan fingerprint density at radius 1 is 0.365 bits per heavy atom. The summed E-state index contributed by atoms with van der Waals surface area (Å²) in [5.74, 6) is 7.65. The molecule has 0 N–H and O–H groups in total. The van der Waals surface area contributed by atoms with E-state index in [-0.39, 0.29) is 0 Å². The van der Waals surface area contributed by atoms with E-state index in [1.54, 1.807) is 11.1 Å². The summed E-state index contributed by atoms with van der Waals surface area (Å²) in [7, 11) is 0. The molecule has 85 heavy (non-hydrogen) atoms. The zero-order valence-corrected chi connectivity index (χ0v) is 62.7. The molecule has 1 aromatic heterocycles. The lowest BCUT2D eigenvalue weighted by Gasteiger charge is -2.39. The molecule has 6 atom stereocenters. The highest BCUT2D eigenvalue weighted by atomic mass is 15.3. The molecule has 8 nitrogen and oxygen atoms in total. The molecule has 0 aromatic carbocycles. The lowest BCUT2D eigenvalue weighted by molar-refractivity contribution is 0.0822. The summed E-state index contributed by atoms with van der Waals surface area (Å²) >= 11 is 0. The molecule has 0 aliphatic carbocycles. The highest BCUT2D eigenvalue weighted by Crippen LogP contribution is 2.28. The van der Waals surface area contributed by atoms with Gasteiger partial charge in [-0.15, -0.1) is 0 Å². The van der Waals surface area contributed by atoms with Crippen LogP contribution in [0, 0.1) is 47.3 Å². The Hall–Kier alpha value is -1.52. The summed E-state index contributed by atoms with van der Waals surface area (Å²) in [6.45, 7) is 82.1. The molecule has 7 rings (SSSR count). The van der Waals surface area contributed by atoms with E-state index in [9.17, 15) is 0 Å². The standard InChI is InChI=1S/C12H25N.C12H23N.C12H25N.C11H24N2.C10H21N.C10H19N.C10H17N/c2*1-5-11(4)13-8-6-12(7-9-13)10(2)3;1-5-11(4)13-8-6-7-12(9-13)10(2)3;1-5-11(4)13-8-6-12(7-9-13)10(2)3;3*1-8(2)10-5-6-11(7-10)9(3)4/h10-12H,5-9H2,1-4H3;6,10-11H,5,7-9H2,1-4H3;10-12H,5-9H2,1-4H3;10-11H,5-9H2,1-4H3;8-10H,5-7H2,1-4H3;5,8-9H,6-7H2,1-4H3;5-9H,1-4H3. The van der Waals surface area contributed by atoms with Crippen molar-refractivity contribution in [2.75, 3.05) is 91.6 Å². The van der Waals surface area contributed by atoms with Crippen LogP contribution in [0.15, 0.2) is 41.8 Å². The maximum Gasteiger partial charge on any atom is 0.0274 e. The summed E-state index contributed by atoms with van der Waals surface area (Å²) in [6.07, 6.45) is 22.7. The first-order chi connectivity index (χ1) is 39.9. The van der Waals surface area contributed by atoms with Gasteiger partial charge in [0.2, 0.25) is 0 Å². The van der Waals surface area contributed by atoms with Gasteiger partial charge < -0.3 is 19.3 Å². The largest absolute Gasteiger partial charge is 0.352 e. The molecule has 6 aliphatic heterocycles. The van der Waals surface area contributed by atoms with Gasteiger partial charge in [-0.25, -0.2) is 0 Å². The fraction of sp³-hybridized carbons (Fsp3) is 0.896. The molecule has 502 valence electrons. The summed E-state index contributed by atoms with van der Waals surface area (Å²) in [5.41, 5.74) is 4.69. The Balaban J connectivity index is 0.000000496. The fourth-order valence-electron chi connectivity index (χ4n) is 12.7. The van der Waals surface area contributed by atoms with Gasteiger partial charge in [0.25, 0.3) is 0 Å². The number of aromatic nitrogens is 1. The third-order valence-corrected chi connectivity index (χ3v) is 21.3. The third kappa shape index (κ3) is 31.9. The minimum atomic E-state index is 0.586. The monoisotopic (exact) mass is 1190 g/mol. The van der Waals surface area contributed by atoms with Crippen molar-refractivity contribution < 1.29 is 0 Å². The van der Waals surface area contributed by atoms with Crippen molar-refractivity contribution in [2.24, 2.45) is 47.3 Å². The molecular formula is C77H154N8. The zero-order chi connectivity index (χ0) is 64.7. The van der Waals surface area contributed by atoms with Crippen molar-refractivity contribution in [3.63, 3.8) is 0 Å². The van der Waals surface area contributed by atoms with Crippen molar-refractivity contribution in [1.82, 2.24) is 38.9 Å². The molecule has 4 saturated heterocycles. The Kier molecular flexibility index (Phi) is 42.2. The van der Waals surface area contributed by atoms with Crippen LogP contribution in [0.4, 0.5) is 0 Å². The summed E-state index contributed by atoms with van der Waals surface area (Å²) < 4.78 is 2.25. The van der Waals surface area contributed by atoms with Gasteiger partial charge in [0.05, 0.1) is 0 Å². The van der Waals surface area contributed by atoms with Crippen molar-refractivity contribution in [2.45, 2.75) is 312 Å². The van der Waals surface area contributed by atoms with E-state index in [1.807, 2.05) is 0 Å². The molecule has 7 heterocycles. The molecule has 6 aliphatic rings. The number of rotatable bonds is 18. The van der Waals surface area contributed by atoms with Crippen molar-refractivity contribution >= 4 is 0 Å². The molecule has 1 aromatic rings. The van der Waals surface area contributed by atoms with E-state index in [2.05, 4.69) is 263 Å². The highest BCUT2D eigenvalue weighted by Gasteiger charge is 2.28. The van der Waals surface area contributed by atoms with Crippen LogP contribution in [0.25, 0.3) is 0 Å². The Morgan fingerprint density at radius 3 is 1.12 bits per heavy atom. The van der Waals surface area contributed by atoms with Crippen LogP contribution in [-0.4, -0.2) is 173 Å². The van der Waals surface area contributed by atoms with Crippen LogP contribution >= 0.6 is 0 Å². The van der Waals surface area contributed by atoms with Gasteiger partial charge in [-0.3, -0.25) is 19.6 Å². The van der Waals surface area contributed by atoms with Gasteiger partial charge in [-0.1, -0.05) is 134 Å². The molecule has 0 radical (unpaired) electrons. The zero-order valence-electron chi connectivity index (χ0n) is 62.7. The molecule has 4 fully saturated rings. The number of hydrogen-bond acceptors (Lipinski definition) is 7. The van der Waals surface area contributed by atoms with Gasteiger partial charge in [0.1, 0.15) is 0 Å². The van der Waals surface area contributed by atoms with E-state index in [1.165, 1.54) is 155 Å². The van der Waals surface area contributed by atoms with Crippen LogP contribution in [0.1, 0.15) is 276 Å². The molecule has 0 bridgehead atoms. The molecular weight excluding hydrogens is 1040 g/mol. The number of likely N-dealkylation sites (tertiary alicyclic amines) is 3. The highest BCUT2D eigenvalue weighted by molar-refractivity contribution is 5.15. The van der Waals surface area contributed by atoms with Gasteiger partial charge in [0.15, 0.2) is 0 Å². The first kappa shape index (κ1) is 81.5. The molecule has 6 unspecified atom stereocenters. The maximum absolute atomic E-state index is 2.67. The number of hydrogen-bond donors (Lipinski definition) is 0. The van der Waals surface area contributed by atoms with Gasteiger partial charge in [0, 0.05) is 126 Å². The minimum absolute atomic E-state index is 0.586. The number of piperazine rings is 1. The first-order valence-corrected chi connectivity index (χ1v) is 36.7. The quantitative estimate of drug-likeness (QED) is 0.135. The van der Waals surface area contributed by atoms with Gasteiger partial charge >= 0.3 is 0 Å². The van der Waals surface area contributed by atoms with E-state index in [0.29, 0.717) is 18.0 Å². The second-order valence-electron chi connectivity index (χ2n) is 30.6. The summed E-state index contributed by atoms with van der Waals surface area (Å²) in [4.78, 5) is 18.2. The fourth-order valence-corrected chi connectivity index (χ4v) is 12.7. The van der Waals surface area contributed by atoms with Crippen LogP contribution in [-0.2, 0) is 0 Å². The van der Waals surface area contributed by atoms with Crippen molar-refractivity contribution in [3.05, 3.63) is 47.3 Å². The Morgan fingerprint density at radius 2 is 0.765 bits per heavy atom. The Bertz CT molecular complexity index is 1740. The van der Waals surface area contributed by atoms with Crippen LogP contribution in [0.3, 0.4) is 0 Å². The Labute approximate surface area is 534 Å². The molecule has 8 heteroatoms. The SMILES string of the molecule is CC(C)C1=CCN(C(C)C)C1.CC(C)C1CCN(C(C)C)C1.CC(C)c1ccn(C(C)C)c1.CCC(C)N1CC=C(C(C)C)CC1.CCC(C)N1CCC(C(C)C)CC1.CCC(C)N1CCCC(C(C)C)C1.CCC(C)N1CCN(C(C)C)CC1. The van der Waals surface area contributed by atoms with Crippen LogP contribution in [0.2, 0.25) is 0 Å². The van der Waals surface area contributed by atoms with E-state index < -0.39 is 0 Å². The smallest absolute Gasteiger partial charge is 0.0274 e. The van der Waals surface area contributed by atoms with Crippen LogP contribution < -0.4 is 0 Å². The number of nitrogens with zero attached hydrogens (tertiary/aromatic N) is 8. The summed E-state index contributed by atoms with van der Waals surface area (Å²) in [6, 6.07) is 8.07. The molecule has 0 saturated carbocycles. The third-order valence-electron chi connectivity index (χ3n) is 21.3. The predicted octanol–water partition coefficient (Wildman–Crippen LogP) is 19.0. The van der Waals surface area contributed by atoms with E-state index in [0.717, 1.165) is 90.1 Å². The van der Waals surface area contributed by atoms with Crippen LogP contribution in [0.5, 0.6) is 0 Å². The molecule has 0 amide bonds.